The molecule has 0 saturated heterocycles. The molecule has 0 bridgehead atoms. The summed E-state index contributed by atoms with van der Waals surface area (Å²) < 4.78 is 28.7. The van der Waals surface area contributed by atoms with E-state index in [0.717, 1.165) is 4.88 Å². The molecule has 1 aromatic carbocycles. The molecule has 1 heterocycles. The number of hydrogen-bond acceptors (Lipinski definition) is 4. The topological polar surface area (TPSA) is 45.0 Å². The molecule has 2 rings (SSSR count). The second-order valence-corrected chi connectivity index (χ2v) is 5.86. The fraction of sp³-hybridized carbons (Fsp3) is 0.154. The summed E-state index contributed by atoms with van der Waals surface area (Å²) in [4.78, 5) is 1.57. The Kier molecular flexibility index (Phi) is 5.23. The van der Waals surface area contributed by atoms with E-state index in [-0.39, 0.29) is 15.8 Å². The second kappa shape index (κ2) is 6.94. The van der Waals surface area contributed by atoms with E-state index in [0.29, 0.717) is 17.1 Å². The number of anilines is 1. The molecule has 0 aliphatic heterocycles. The van der Waals surface area contributed by atoms with Crippen molar-refractivity contribution >= 4 is 40.2 Å². The van der Waals surface area contributed by atoms with Crippen LogP contribution in [0.15, 0.2) is 24.3 Å². The minimum Gasteiger partial charge on any atom is -0.432 e. The highest BCUT2D eigenvalue weighted by atomic mass is 35.5. The number of hydrogen-bond donors (Lipinski definition) is 1. The fourth-order valence-electron chi connectivity index (χ4n) is 1.59. The van der Waals surface area contributed by atoms with Gasteiger partial charge in [0.25, 0.3) is 0 Å². The van der Waals surface area contributed by atoms with Crippen molar-refractivity contribution in [3.63, 3.8) is 0 Å². The molecule has 0 aliphatic rings. The number of thiophene rings is 1. The van der Waals surface area contributed by atoms with E-state index in [9.17, 15) is 8.78 Å². The summed E-state index contributed by atoms with van der Waals surface area (Å²) in [5.41, 5.74) is 0.568. The van der Waals surface area contributed by atoms with Crippen molar-refractivity contribution in [3.05, 3.63) is 44.1 Å². The molecule has 0 radical (unpaired) electrons. The minimum absolute atomic E-state index is 0.00538. The molecule has 0 saturated carbocycles. The van der Waals surface area contributed by atoms with E-state index < -0.39 is 6.61 Å². The summed E-state index contributed by atoms with van der Waals surface area (Å²) in [5.74, 6) is -0.248. The highest BCUT2D eigenvalue weighted by Gasteiger charge is 2.14. The van der Waals surface area contributed by atoms with Gasteiger partial charge in [0.1, 0.15) is 10.9 Å². The SMILES string of the molecule is N#Cc1ccc(CNc2cc(Cl)c(OC(F)F)c(Cl)c2)s1. The maximum Gasteiger partial charge on any atom is 0.387 e. The van der Waals surface area contributed by atoms with Gasteiger partial charge in [-0.1, -0.05) is 23.2 Å². The van der Waals surface area contributed by atoms with Crippen LogP contribution in [-0.4, -0.2) is 6.61 Å². The number of rotatable bonds is 5. The molecule has 0 unspecified atom stereocenters. The van der Waals surface area contributed by atoms with E-state index >= 15 is 0 Å². The fourth-order valence-corrected chi connectivity index (χ4v) is 2.91. The van der Waals surface area contributed by atoms with E-state index in [1.54, 1.807) is 6.07 Å². The van der Waals surface area contributed by atoms with Crippen molar-refractivity contribution in [3.8, 4) is 11.8 Å². The predicted molar refractivity (Wildman–Crippen MR) is 79.5 cm³/mol. The Labute approximate surface area is 133 Å². The normalized spacial score (nSPS) is 10.5. The van der Waals surface area contributed by atoms with E-state index in [1.165, 1.54) is 23.5 Å². The molecule has 1 N–H and O–H groups in total. The van der Waals surface area contributed by atoms with Crippen molar-refractivity contribution in [2.24, 2.45) is 0 Å². The molecular weight excluding hydrogens is 341 g/mol. The lowest BCUT2D eigenvalue weighted by molar-refractivity contribution is -0.0497. The first-order valence-electron chi connectivity index (χ1n) is 5.66. The molecule has 0 amide bonds. The summed E-state index contributed by atoms with van der Waals surface area (Å²) in [6.07, 6.45) is 0. The average molecular weight is 349 g/mol. The van der Waals surface area contributed by atoms with Gasteiger partial charge in [0.05, 0.1) is 10.0 Å². The third kappa shape index (κ3) is 4.21. The van der Waals surface area contributed by atoms with Gasteiger partial charge in [-0.05, 0) is 24.3 Å². The van der Waals surface area contributed by atoms with Gasteiger partial charge >= 0.3 is 6.61 Å². The summed E-state index contributed by atoms with van der Waals surface area (Å²) in [5, 5.41) is 11.8. The van der Waals surface area contributed by atoms with Gasteiger partial charge in [0.2, 0.25) is 0 Å². The van der Waals surface area contributed by atoms with Crippen LogP contribution < -0.4 is 10.1 Å². The van der Waals surface area contributed by atoms with Crippen molar-refractivity contribution in [2.75, 3.05) is 5.32 Å². The highest BCUT2D eigenvalue weighted by Crippen LogP contribution is 2.37. The van der Waals surface area contributed by atoms with Crippen LogP contribution >= 0.6 is 34.5 Å². The van der Waals surface area contributed by atoms with Crippen molar-refractivity contribution in [1.82, 2.24) is 0 Å². The third-order valence-electron chi connectivity index (χ3n) is 2.44. The zero-order chi connectivity index (χ0) is 15.4. The maximum absolute atomic E-state index is 12.2. The quantitative estimate of drug-likeness (QED) is 0.813. The highest BCUT2D eigenvalue weighted by molar-refractivity contribution is 7.12. The minimum atomic E-state index is -2.99. The molecule has 3 nitrogen and oxygen atoms in total. The zero-order valence-electron chi connectivity index (χ0n) is 10.4. The van der Waals surface area contributed by atoms with Crippen molar-refractivity contribution < 1.29 is 13.5 Å². The molecule has 0 spiro atoms. The van der Waals surface area contributed by atoms with Gasteiger partial charge in [-0.3, -0.25) is 0 Å². The van der Waals surface area contributed by atoms with Crippen LogP contribution in [0.1, 0.15) is 9.75 Å². The second-order valence-electron chi connectivity index (χ2n) is 3.88. The number of ether oxygens (including phenoxy) is 1. The number of nitrogens with one attached hydrogen (secondary N) is 1. The Morgan fingerprint density at radius 3 is 2.48 bits per heavy atom. The summed E-state index contributed by atoms with van der Waals surface area (Å²) in [7, 11) is 0. The van der Waals surface area contributed by atoms with Gasteiger partial charge in [-0.2, -0.15) is 14.0 Å². The summed E-state index contributed by atoms with van der Waals surface area (Å²) >= 11 is 13.1. The van der Waals surface area contributed by atoms with Gasteiger partial charge in [-0.15, -0.1) is 11.3 Å². The standard InChI is InChI=1S/C13H8Cl2F2N2OS/c14-10-3-7(4-11(15)12(10)20-13(16)17)19-6-9-2-1-8(5-18)21-9/h1-4,13,19H,6H2. The average Bonchev–Trinajstić information content (AvgIpc) is 2.88. The van der Waals surface area contributed by atoms with E-state index in [1.807, 2.05) is 6.07 Å². The number of alkyl halides is 2. The van der Waals surface area contributed by atoms with Crippen LogP contribution in [0.3, 0.4) is 0 Å². The number of nitriles is 1. The van der Waals surface area contributed by atoms with Crippen molar-refractivity contribution in [2.45, 2.75) is 13.2 Å². The van der Waals surface area contributed by atoms with Crippen LogP contribution in [0.2, 0.25) is 10.0 Å². The molecule has 0 aliphatic carbocycles. The Morgan fingerprint density at radius 1 is 1.29 bits per heavy atom. The molecule has 8 heteroatoms. The number of nitrogens with zero attached hydrogens (tertiary/aromatic N) is 1. The monoisotopic (exact) mass is 348 g/mol. The van der Waals surface area contributed by atoms with E-state index in [2.05, 4.69) is 16.1 Å². The van der Waals surface area contributed by atoms with Gasteiger partial charge in [-0.25, -0.2) is 0 Å². The van der Waals surface area contributed by atoms with Crippen LogP contribution in [0.5, 0.6) is 5.75 Å². The molecule has 1 aromatic heterocycles. The number of benzene rings is 1. The Bertz CT molecular complexity index is 662. The number of halogens is 4. The van der Waals surface area contributed by atoms with Crippen molar-refractivity contribution in [1.29, 1.82) is 5.26 Å². The first-order chi connectivity index (χ1) is 9.99. The lowest BCUT2D eigenvalue weighted by atomic mass is 10.3. The zero-order valence-corrected chi connectivity index (χ0v) is 12.7. The Hall–Kier alpha value is -1.55. The molecular formula is C13H8Cl2F2N2OS. The molecule has 0 atom stereocenters. The molecule has 0 fully saturated rings. The van der Waals surface area contributed by atoms with Gasteiger partial charge in [0.15, 0.2) is 5.75 Å². The Morgan fingerprint density at radius 2 is 1.95 bits per heavy atom. The van der Waals surface area contributed by atoms with Crippen LogP contribution in [0.4, 0.5) is 14.5 Å². The molecule has 110 valence electrons. The van der Waals surface area contributed by atoms with E-state index in [4.69, 9.17) is 28.5 Å². The first-order valence-corrected chi connectivity index (χ1v) is 7.23. The Balaban J connectivity index is 2.09. The maximum atomic E-state index is 12.2. The van der Waals surface area contributed by atoms with Crippen LogP contribution in [-0.2, 0) is 6.54 Å². The van der Waals surface area contributed by atoms with Crippen LogP contribution in [0, 0.1) is 11.3 Å². The van der Waals surface area contributed by atoms with Gasteiger partial charge in [0, 0.05) is 17.1 Å². The molecule has 21 heavy (non-hydrogen) atoms. The van der Waals surface area contributed by atoms with Gasteiger partial charge < -0.3 is 10.1 Å². The molecule has 2 aromatic rings. The predicted octanol–water partition coefficient (Wildman–Crippen LogP) is 5.14. The summed E-state index contributed by atoms with van der Waals surface area (Å²) in [6.45, 7) is -2.53. The largest absolute Gasteiger partial charge is 0.432 e. The first kappa shape index (κ1) is 15.8. The summed E-state index contributed by atoms with van der Waals surface area (Å²) in [6, 6.07) is 8.50. The lowest BCUT2D eigenvalue weighted by Gasteiger charge is -2.12. The smallest absolute Gasteiger partial charge is 0.387 e. The van der Waals surface area contributed by atoms with Crippen LogP contribution in [0.25, 0.3) is 0 Å². The third-order valence-corrected chi connectivity index (χ3v) is 4.00. The lowest BCUT2D eigenvalue weighted by Crippen LogP contribution is -2.04.